The van der Waals surface area contributed by atoms with Crippen LogP contribution < -0.4 is 5.32 Å². The van der Waals surface area contributed by atoms with E-state index >= 15 is 0 Å². The molecule has 1 aromatic heterocycles. The second kappa shape index (κ2) is 8.09. The molecule has 7 nitrogen and oxygen atoms in total. The van der Waals surface area contributed by atoms with E-state index in [4.69, 9.17) is 0 Å². The zero-order valence-corrected chi connectivity index (χ0v) is 15.9. The molecule has 3 rings (SSSR count). The molecule has 28 heavy (non-hydrogen) atoms. The van der Waals surface area contributed by atoms with Gasteiger partial charge in [-0.25, -0.2) is 0 Å². The lowest BCUT2D eigenvalue weighted by Crippen LogP contribution is -2.33. The molecule has 1 aliphatic carbocycles. The highest BCUT2D eigenvalue weighted by Crippen LogP contribution is 2.25. The number of carbonyl (C=O) groups is 1. The molecule has 0 aliphatic heterocycles. The van der Waals surface area contributed by atoms with Gasteiger partial charge >= 0.3 is 0 Å². The molecule has 7 heteroatoms. The lowest BCUT2D eigenvalue weighted by atomic mass is 10.1. The third kappa shape index (κ3) is 3.96. The quantitative estimate of drug-likeness (QED) is 0.368. The van der Waals surface area contributed by atoms with Gasteiger partial charge in [-0.15, -0.1) is 0 Å². The lowest BCUT2D eigenvalue weighted by Gasteiger charge is -2.11. The molecule has 2 aromatic rings. The van der Waals surface area contributed by atoms with Gasteiger partial charge in [0, 0.05) is 29.6 Å². The third-order valence-electron chi connectivity index (χ3n) is 5.12. The molecule has 0 bridgehead atoms. The standard InChI is InChI=1S/C21H22N4O3/c1-14-10-16(11-17(13-22)21(26)23-18-6-3-4-7-18)15(2)24(14)19-8-5-9-20(12-19)25(27)28/h5,8-12,18H,3-4,6-7H2,1-2H3,(H,23,26)/b17-11-. The molecule has 0 atom stereocenters. The maximum atomic E-state index is 12.4. The van der Waals surface area contributed by atoms with Crippen molar-refractivity contribution in [3.05, 3.63) is 63.0 Å². The monoisotopic (exact) mass is 378 g/mol. The summed E-state index contributed by atoms with van der Waals surface area (Å²) in [5.41, 5.74) is 3.14. The van der Waals surface area contributed by atoms with E-state index in [1.165, 1.54) is 12.1 Å². The Balaban J connectivity index is 1.93. The zero-order valence-electron chi connectivity index (χ0n) is 15.9. The van der Waals surface area contributed by atoms with Crippen molar-refractivity contribution >= 4 is 17.7 Å². The minimum atomic E-state index is -0.431. The number of nitrogens with one attached hydrogen (secondary N) is 1. The number of amides is 1. The molecule has 1 aliphatic rings. The van der Waals surface area contributed by atoms with Crippen molar-refractivity contribution in [2.24, 2.45) is 0 Å². The van der Waals surface area contributed by atoms with E-state index in [2.05, 4.69) is 5.32 Å². The number of carbonyl (C=O) groups excluding carboxylic acids is 1. The fourth-order valence-corrected chi connectivity index (χ4v) is 3.71. The molecule has 0 spiro atoms. The first-order valence-electron chi connectivity index (χ1n) is 9.27. The molecule has 0 unspecified atom stereocenters. The van der Waals surface area contributed by atoms with E-state index in [9.17, 15) is 20.2 Å². The van der Waals surface area contributed by atoms with Gasteiger partial charge in [-0.05, 0) is 50.5 Å². The van der Waals surface area contributed by atoms with Crippen LogP contribution in [0.4, 0.5) is 5.69 Å². The molecule has 0 saturated heterocycles. The highest BCUT2D eigenvalue weighted by Gasteiger charge is 2.20. The fourth-order valence-electron chi connectivity index (χ4n) is 3.71. The smallest absolute Gasteiger partial charge is 0.271 e. The van der Waals surface area contributed by atoms with Crippen molar-refractivity contribution in [2.75, 3.05) is 0 Å². The molecule has 1 saturated carbocycles. The first-order chi connectivity index (χ1) is 13.4. The SMILES string of the molecule is Cc1cc(/C=C(/C#N)C(=O)NC2CCCC2)c(C)n1-c1cccc([N+](=O)[O-])c1. The molecule has 144 valence electrons. The minimum Gasteiger partial charge on any atom is -0.349 e. The van der Waals surface area contributed by atoms with Crippen molar-refractivity contribution in [3.8, 4) is 11.8 Å². The summed E-state index contributed by atoms with van der Waals surface area (Å²) in [6.07, 6.45) is 5.68. The van der Waals surface area contributed by atoms with Gasteiger partial charge in [0.15, 0.2) is 0 Å². The lowest BCUT2D eigenvalue weighted by molar-refractivity contribution is -0.384. The van der Waals surface area contributed by atoms with Gasteiger partial charge in [0.2, 0.25) is 0 Å². The van der Waals surface area contributed by atoms with E-state index in [0.717, 1.165) is 42.6 Å². The van der Waals surface area contributed by atoms with Crippen LogP contribution >= 0.6 is 0 Å². The van der Waals surface area contributed by atoms with Crippen LogP contribution in [0.25, 0.3) is 11.8 Å². The fraction of sp³-hybridized carbons (Fsp3) is 0.333. The van der Waals surface area contributed by atoms with Gasteiger partial charge in [0.05, 0.1) is 10.6 Å². The number of nitriles is 1. The van der Waals surface area contributed by atoms with Crippen LogP contribution in [0.2, 0.25) is 0 Å². The first-order valence-corrected chi connectivity index (χ1v) is 9.27. The number of aromatic nitrogens is 1. The predicted octanol–water partition coefficient (Wildman–Crippen LogP) is 3.97. The van der Waals surface area contributed by atoms with Gasteiger partial charge in [0.25, 0.3) is 11.6 Å². The summed E-state index contributed by atoms with van der Waals surface area (Å²) >= 11 is 0. The van der Waals surface area contributed by atoms with Gasteiger partial charge in [-0.3, -0.25) is 14.9 Å². The highest BCUT2D eigenvalue weighted by atomic mass is 16.6. The predicted molar refractivity (Wildman–Crippen MR) is 106 cm³/mol. The van der Waals surface area contributed by atoms with Gasteiger partial charge in [-0.1, -0.05) is 18.9 Å². The summed E-state index contributed by atoms with van der Waals surface area (Å²) in [6, 6.07) is 10.4. The molecule has 1 heterocycles. The van der Waals surface area contributed by atoms with Crippen LogP contribution in [0.5, 0.6) is 0 Å². The number of rotatable bonds is 5. The summed E-state index contributed by atoms with van der Waals surface area (Å²) < 4.78 is 1.88. The van der Waals surface area contributed by atoms with Crippen molar-refractivity contribution in [2.45, 2.75) is 45.6 Å². The summed E-state index contributed by atoms with van der Waals surface area (Å²) in [5.74, 6) is -0.352. The first kappa shape index (κ1) is 19.4. The number of benzene rings is 1. The molecule has 0 radical (unpaired) electrons. The maximum Gasteiger partial charge on any atom is 0.271 e. The Hall–Kier alpha value is -3.40. The summed E-state index contributed by atoms with van der Waals surface area (Å²) in [5, 5.41) is 23.5. The number of nitrogens with zero attached hydrogens (tertiary/aromatic N) is 3. The Kier molecular flexibility index (Phi) is 5.59. The number of hydrogen-bond donors (Lipinski definition) is 1. The molecule has 1 N–H and O–H groups in total. The molecular formula is C21H22N4O3. The van der Waals surface area contributed by atoms with Crippen molar-refractivity contribution in [1.29, 1.82) is 5.26 Å². The number of nitro benzene ring substituents is 1. The number of hydrogen-bond acceptors (Lipinski definition) is 4. The molecule has 1 aromatic carbocycles. The topological polar surface area (TPSA) is 101 Å². The Morgan fingerprint density at radius 2 is 2.04 bits per heavy atom. The second-order valence-corrected chi connectivity index (χ2v) is 7.06. The Bertz CT molecular complexity index is 992. The van der Waals surface area contributed by atoms with Crippen LogP contribution in [0, 0.1) is 35.3 Å². The maximum absolute atomic E-state index is 12.4. The largest absolute Gasteiger partial charge is 0.349 e. The van der Waals surface area contributed by atoms with E-state index in [0.29, 0.717) is 5.69 Å². The Morgan fingerprint density at radius 3 is 2.68 bits per heavy atom. The summed E-state index contributed by atoms with van der Waals surface area (Å²) in [7, 11) is 0. The average molecular weight is 378 g/mol. The third-order valence-corrected chi connectivity index (χ3v) is 5.12. The summed E-state index contributed by atoms with van der Waals surface area (Å²) in [6.45, 7) is 3.75. The molecular weight excluding hydrogens is 356 g/mol. The van der Waals surface area contributed by atoms with Crippen molar-refractivity contribution in [1.82, 2.24) is 9.88 Å². The van der Waals surface area contributed by atoms with Gasteiger partial charge < -0.3 is 9.88 Å². The van der Waals surface area contributed by atoms with Crippen LogP contribution in [0.1, 0.15) is 42.6 Å². The van der Waals surface area contributed by atoms with E-state index < -0.39 is 4.92 Å². The Morgan fingerprint density at radius 1 is 1.32 bits per heavy atom. The van der Waals surface area contributed by atoms with Crippen molar-refractivity contribution in [3.63, 3.8) is 0 Å². The highest BCUT2D eigenvalue weighted by molar-refractivity contribution is 6.02. The normalized spacial score (nSPS) is 14.7. The Labute approximate surface area is 163 Å². The zero-order chi connectivity index (χ0) is 20.3. The van der Waals surface area contributed by atoms with E-state index in [1.54, 1.807) is 18.2 Å². The van der Waals surface area contributed by atoms with Gasteiger partial charge in [0.1, 0.15) is 11.6 Å². The number of non-ortho nitro benzene ring substituents is 1. The van der Waals surface area contributed by atoms with Crippen molar-refractivity contribution < 1.29 is 9.72 Å². The number of nitro groups is 1. The van der Waals surface area contributed by atoms with Crippen LogP contribution in [0.15, 0.2) is 35.9 Å². The van der Waals surface area contributed by atoms with E-state index in [-0.39, 0.29) is 23.2 Å². The van der Waals surface area contributed by atoms with Crippen LogP contribution in [-0.2, 0) is 4.79 Å². The average Bonchev–Trinajstić information content (AvgIpc) is 3.27. The summed E-state index contributed by atoms with van der Waals surface area (Å²) in [4.78, 5) is 23.1. The van der Waals surface area contributed by atoms with Crippen LogP contribution in [-0.4, -0.2) is 21.4 Å². The minimum absolute atomic E-state index is 0.00995. The van der Waals surface area contributed by atoms with Gasteiger partial charge in [-0.2, -0.15) is 5.26 Å². The second-order valence-electron chi connectivity index (χ2n) is 7.06. The van der Waals surface area contributed by atoms with E-state index in [1.807, 2.05) is 30.6 Å². The number of aryl methyl sites for hydroxylation is 1. The molecule has 1 fully saturated rings. The van der Waals surface area contributed by atoms with Crippen LogP contribution in [0.3, 0.4) is 0 Å². The molecule has 1 amide bonds.